The largest absolute Gasteiger partial charge is 0.377 e. The molecule has 0 bridgehead atoms. The van der Waals surface area contributed by atoms with Crippen LogP contribution in [-0.4, -0.2) is 46.9 Å². The minimum absolute atomic E-state index is 0.0962. The molecule has 19 heavy (non-hydrogen) atoms. The first-order valence-corrected chi connectivity index (χ1v) is 6.95. The van der Waals surface area contributed by atoms with Crippen LogP contribution in [0.3, 0.4) is 0 Å². The zero-order chi connectivity index (χ0) is 13.8. The predicted molar refractivity (Wildman–Crippen MR) is 72.5 cm³/mol. The Morgan fingerprint density at radius 2 is 2.26 bits per heavy atom. The highest BCUT2D eigenvalue weighted by molar-refractivity contribution is 9.09. The van der Waals surface area contributed by atoms with E-state index in [0.29, 0.717) is 25.1 Å². The van der Waals surface area contributed by atoms with Crippen molar-refractivity contribution in [3.05, 3.63) is 39.9 Å². The molecule has 1 aromatic carbocycles. The molecular weight excluding hydrogens is 316 g/mol. The lowest BCUT2D eigenvalue weighted by Gasteiger charge is -2.34. The van der Waals surface area contributed by atoms with Crippen molar-refractivity contribution >= 4 is 27.5 Å². The maximum absolute atomic E-state index is 12.4. The van der Waals surface area contributed by atoms with Gasteiger partial charge >= 0.3 is 0 Å². The van der Waals surface area contributed by atoms with Gasteiger partial charge in [-0.15, -0.1) is 0 Å². The molecule has 1 aromatic rings. The maximum Gasteiger partial charge on any atom is 0.282 e. The Bertz CT molecular complexity index is 494. The van der Waals surface area contributed by atoms with Crippen molar-refractivity contribution in [1.29, 1.82) is 0 Å². The van der Waals surface area contributed by atoms with E-state index in [4.69, 9.17) is 4.74 Å². The summed E-state index contributed by atoms with van der Waals surface area (Å²) in [6.07, 6.45) is 0. The smallest absolute Gasteiger partial charge is 0.282 e. The number of hydrogen-bond donors (Lipinski definition) is 0. The van der Waals surface area contributed by atoms with Gasteiger partial charge in [-0.05, 0) is 6.07 Å². The van der Waals surface area contributed by atoms with Crippen molar-refractivity contribution in [3.8, 4) is 0 Å². The molecule has 0 saturated carbocycles. The Kier molecular flexibility index (Phi) is 4.49. The summed E-state index contributed by atoms with van der Waals surface area (Å²) in [5.41, 5.74) is -0.0346. The molecule has 2 rings (SSSR count). The van der Waals surface area contributed by atoms with Crippen LogP contribution in [-0.2, 0) is 4.74 Å². The van der Waals surface area contributed by atoms with Crippen LogP contribution in [0.5, 0.6) is 0 Å². The number of nitro groups is 1. The number of para-hydroxylation sites is 1. The van der Waals surface area contributed by atoms with Gasteiger partial charge in [0.2, 0.25) is 0 Å². The van der Waals surface area contributed by atoms with Crippen LogP contribution < -0.4 is 0 Å². The second-order valence-electron chi connectivity index (χ2n) is 4.16. The van der Waals surface area contributed by atoms with E-state index >= 15 is 0 Å². The molecular formula is C12H13BrN2O4. The van der Waals surface area contributed by atoms with Crippen LogP contribution in [0.2, 0.25) is 0 Å². The van der Waals surface area contributed by atoms with Gasteiger partial charge in [-0.2, -0.15) is 0 Å². The third-order valence-electron chi connectivity index (χ3n) is 3.00. The number of amides is 1. The molecule has 102 valence electrons. The average Bonchev–Trinajstić information content (AvgIpc) is 2.46. The number of nitro benzene ring substituents is 1. The van der Waals surface area contributed by atoms with Gasteiger partial charge in [-0.3, -0.25) is 14.9 Å². The van der Waals surface area contributed by atoms with Gasteiger partial charge in [-0.25, -0.2) is 0 Å². The summed E-state index contributed by atoms with van der Waals surface area (Å²) in [5, 5.41) is 11.5. The van der Waals surface area contributed by atoms with Crippen molar-refractivity contribution in [2.75, 3.05) is 25.1 Å². The zero-order valence-electron chi connectivity index (χ0n) is 10.1. The van der Waals surface area contributed by atoms with Crippen LogP contribution in [0.25, 0.3) is 0 Å². The second-order valence-corrected chi connectivity index (χ2v) is 4.80. The SMILES string of the molecule is O=C(c1ccccc1[N+](=O)[O-])N1CCOCC1CBr. The number of morpholine rings is 1. The normalized spacial score (nSPS) is 19.2. The van der Waals surface area contributed by atoms with Gasteiger partial charge in [0.15, 0.2) is 0 Å². The van der Waals surface area contributed by atoms with E-state index in [9.17, 15) is 14.9 Å². The first-order valence-electron chi connectivity index (χ1n) is 5.83. The molecule has 0 aromatic heterocycles. The zero-order valence-corrected chi connectivity index (χ0v) is 11.7. The summed E-state index contributed by atoms with van der Waals surface area (Å²) >= 11 is 3.33. The Balaban J connectivity index is 2.30. The number of ether oxygens (including phenoxy) is 1. The van der Waals surface area contributed by atoms with E-state index in [0.717, 1.165) is 0 Å². The van der Waals surface area contributed by atoms with Crippen LogP contribution in [0, 0.1) is 10.1 Å². The average molecular weight is 329 g/mol. The molecule has 0 aliphatic carbocycles. The molecule has 0 N–H and O–H groups in total. The van der Waals surface area contributed by atoms with E-state index < -0.39 is 4.92 Å². The highest BCUT2D eigenvalue weighted by Crippen LogP contribution is 2.22. The van der Waals surface area contributed by atoms with E-state index in [1.807, 2.05) is 0 Å². The lowest BCUT2D eigenvalue weighted by molar-refractivity contribution is -0.385. The maximum atomic E-state index is 12.4. The summed E-state index contributed by atoms with van der Waals surface area (Å²) in [4.78, 5) is 24.5. The summed E-state index contributed by atoms with van der Waals surface area (Å²) in [6.45, 7) is 1.34. The quantitative estimate of drug-likeness (QED) is 0.482. The number of rotatable bonds is 3. The molecule has 1 saturated heterocycles. The molecule has 7 heteroatoms. The minimum atomic E-state index is -0.531. The second kappa shape index (κ2) is 6.12. The van der Waals surface area contributed by atoms with Gasteiger partial charge in [0.05, 0.1) is 24.2 Å². The fraction of sp³-hybridized carbons (Fsp3) is 0.417. The fourth-order valence-electron chi connectivity index (χ4n) is 2.02. The summed E-state index contributed by atoms with van der Waals surface area (Å²) < 4.78 is 5.31. The van der Waals surface area contributed by atoms with Crippen LogP contribution >= 0.6 is 15.9 Å². The number of benzene rings is 1. The highest BCUT2D eigenvalue weighted by Gasteiger charge is 2.30. The number of halogens is 1. The predicted octanol–water partition coefficient (Wildman–Crippen LogP) is 1.83. The summed E-state index contributed by atoms with van der Waals surface area (Å²) in [6, 6.07) is 5.92. The Morgan fingerprint density at radius 1 is 1.53 bits per heavy atom. The van der Waals surface area contributed by atoms with Gasteiger partial charge in [0.1, 0.15) is 5.56 Å². The van der Waals surface area contributed by atoms with Gasteiger partial charge in [0, 0.05) is 17.9 Å². The van der Waals surface area contributed by atoms with E-state index in [2.05, 4.69) is 15.9 Å². The van der Waals surface area contributed by atoms with Crippen molar-refractivity contribution in [3.63, 3.8) is 0 Å². The number of nitrogens with zero attached hydrogens (tertiary/aromatic N) is 2. The van der Waals surface area contributed by atoms with Crippen molar-refractivity contribution in [2.24, 2.45) is 0 Å². The Labute approximate surface area is 118 Å². The number of carbonyl (C=O) groups is 1. The standard InChI is InChI=1S/C12H13BrN2O4/c13-7-9-8-19-6-5-14(9)12(16)10-3-1-2-4-11(10)15(17)18/h1-4,9H,5-8H2. The van der Waals surface area contributed by atoms with E-state index in [1.165, 1.54) is 12.1 Å². The summed E-state index contributed by atoms with van der Waals surface area (Å²) in [7, 11) is 0. The minimum Gasteiger partial charge on any atom is -0.377 e. The van der Waals surface area contributed by atoms with E-state index in [-0.39, 0.29) is 23.2 Å². The molecule has 1 amide bonds. The van der Waals surface area contributed by atoms with Crippen molar-refractivity contribution < 1.29 is 14.5 Å². The van der Waals surface area contributed by atoms with Crippen LogP contribution in [0.15, 0.2) is 24.3 Å². The molecule has 0 radical (unpaired) electrons. The molecule has 6 nitrogen and oxygen atoms in total. The molecule has 0 spiro atoms. The molecule has 1 fully saturated rings. The van der Waals surface area contributed by atoms with Gasteiger partial charge in [0.25, 0.3) is 11.6 Å². The summed E-state index contributed by atoms with van der Waals surface area (Å²) in [5.74, 6) is -0.319. The van der Waals surface area contributed by atoms with Crippen molar-refractivity contribution in [1.82, 2.24) is 4.90 Å². The Morgan fingerprint density at radius 3 is 2.95 bits per heavy atom. The third-order valence-corrected chi connectivity index (χ3v) is 3.75. The van der Waals surface area contributed by atoms with Gasteiger partial charge < -0.3 is 9.64 Å². The molecule has 1 aliphatic heterocycles. The number of carbonyl (C=O) groups excluding carboxylic acids is 1. The van der Waals surface area contributed by atoms with Gasteiger partial charge in [-0.1, -0.05) is 28.1 Å². The third kappa shape index (κ3) is 2.93. The molecule has 1 unspecified atom stereocenters. The first kappa shape index (κ1) is 14.0. The van der Waals surface area contributed by atoms with Crippen LogP contribution in [0.1, 0.15) is 10.4 Å². The monoisotopic (exact) mass is 328 g/mol. The molecule has 1 heterocycles. The fourth-order valence-corrected chi connectivity index (χ4v) is 2.55. The highest BCUT2D eigenvalue weighted by atomic mass is 79.9. The lowest BCUT2D eigenvalue weighted by atomic mass is 10.1. The van der Waals surface area contributed by atoms with Crippen molar-refractivity contribution in [2.45, 2.75) is 6.04 Å². The van der Waals surface area contributed by atoms with E-state index in [1.54, 1.807) is 17.0 Å². The first-order chi connectivity index (χ1) is 9.15. The number of hydrogen-bond acceptors (Lipinski definition) is 4. The number of alkyl halides is 1. The lowest BCUT2D eigenvalue weighted by Crippen LogP contribution is -2.49. The molecule has 1 aliphatic rings. The topological polar surface area (TPSA) is 72.7 Å². The molecule has 1 atom stereocenters. The Hall–Kier alpha value is -1.47. The van der Waals surface area contributed by atoms with Crippen LogP contribution in [0.4, 0.5) is 5.69 Å².